The smallest absolute Gasteiger partial charge is 0.0964 e. The van der Waals surface area contributed by atoms with Gasteiger partial charge in [-0.15, -0.1) is 0 Å². The zero-order valence-electron chi connectivity index (χ0n) is 12.3. The highest BCUT2D eigenvalue weighted by Crippen LogP contribution is 2.21. The molecule has 0 atom stereocenters. The van der Waals surface area contributed by atoms with Crippen molar-refractivity contribution in [2.24, 2.45) is 5.10 Å². The van der Waals surface area contributed by atoms with E-state index in [0.717, 1.165) is 19.5 Å². The van der Waals surface area contributed by atoms with E-state index in [1.165, 1.54) is 35.1 Å². The second-order valence-corrected chi connectivity index (χ2v) is 5.59. The van der Waals surface area contributed by atoms with Crippen LogP contribution in [0.15, 0.2) is 29.5 Å². The van der Waals surface area contributed by atoms with Gasteiger partial charge in [-0.3, -0.25) is 5.01 Å². The lowest BCUT2D eigenvalue weighted by Gasteiger charge is -2.27. The van der Waals surface area contributed by atoms with Crippen molar-refractivity contribution in [2.45, 2.75) is 13.3 Å². The van der Waals surface area contributed by atoms with Crippen molar-refractivity contribution in [3.63, 3.8) is 0 Å². The van der Waals surface area contributed by atoms with Crippen molar-refractivity contribution in [2.75, 3.05) is 33.2 Å². The lowest BCUT2D eigenvalue weighted by atomic mass is 10.1. The maximum absolute atomic E-state index is 4.64. The molecule has 2 aromatic rings. The molecular formula is C16H23N4+. The van der Waals surface area contributed by atoms with Crippen LogP contribution in [0.1, 0.15) is 18.1 Å². The molecule has 0 saturated carbocycles. The predicted octanol–water partition coefficient (Wildman–Crippen LogP) is 0.895. The minimum absolute atomic E-state index is 1.05. The number of aryl methyl sites for hydroxylation is 1. The maximum atomic E-state index is 4.64. The molecule has 1 aliphatic heterocycles. The number of hydrazone groups is 1. The first kappa shape index (κ1) is 13.2. The highest BCUT2D eigenvalue weighted by atomic mass is 15.5. The quantitative estimate of drug-likeness (QED) is 0.799. The topological polar surface area (TPSA) is 35.8 Å². The number of hydrogen-bond donors (Lipinski definition) is 2. The SMILES string of the molecule is CCc1cccc2c(/C=N/N3CC[NH+](C)CC3)c[nH]c12. The molecule has 0 amide bonds. The first-order valence-electron chi connectivity index (χ1n) is 7.47. The van der Waals surface area contributed by atoms with Crippen LogP contribution in [0.4, 0.5) is 0 Å². The number of aromatic nitrogens is 1. The van der Waals surface area contributed by atoms with E-state index in [9.17, 15) is 0 Å². The first-order valence-corrected chi connectivity index (χ1v) is 7.47. The number of fused-ring (bicyclic) bond motifs is 1. The van der Waals surface area contributed by atoms with Crippen LogP contribution in [0.5, 0.6) is 0 Å². The van der Waals surface area contributed by atoms with Gasteiger partial charge in [0.1, 0.15) is 0 Å². The van der Waals surface area contributed by atoms with Gasteiger partial charge in [-0.2, -0.15) is 5.10 Å². The average Bonchev–Trinajstić information content (AvgIpc) is 2.90. The summed E-state index contributed by atoms with van der Waals surface area (Å²) >= 11 is 0. The molecule has 1 aliphatic rings. The molecule has 4 heteroatoms. The second kappa shape index (κ2) is 5.67. The molecule has 106 valence electrons. The second-order valence-electron chi connectivity index (χ2n) is 5.59. The van der Waals surface area contributed by atoms with Crippen LogP contribution in [0.2, 0.25) is 0 Å². The Morgan fingerprint density at radius 1 is 1.35 bits per heavy atom. The molecule has 2 heterocycles. The van der Waals surface area contributed by atoms with Crippen LogP contribution in [-0.2, 0) is 6.42 Å². The van der Waals surface area contributed by atoms with E-state index in [2.05, 4.69) is 53.5 Å². The van der Waals surface area contributed by atoms with Crippen molar-refractivity contribution in [3.8, 4) is 0 Å². The Kier molecular flexibility index (Phi) is 3.74. The van der Waals surface area contributed by atoms with Crippen LogP contribution in [-0.4, -0.2) is 49.4 Å². The van der Waals surface area contributed by atoms with Crippen molar-refractivity contribution >= 4 is 17.1 Å². The number of aromatic amines is 1. The summed E-state index contributed by atoms with van der Waals surface area (Å²) in [7, 11) is 2.24. The summed E-state index contributed by atoms with van der Waals surface area (Å²) < 4.78 is 0. The summed E-state index contributed by atoms with van der Waals surface area (Å²) in [5.74, 6) is 0. The Balaban J connectivity index is 1.81. The highest BCUT2D eigenvalue weighted by molar-refractivity contribution is 6.00. The Bertz CT molecular complexity index is 606. The summed E-state index contributed by atoms with van der Waals surface area (Å²) in [6.07, 6.45) is 5.11. The molecule has 20 heavy (non-hydrogen) atoms. The molecule has 1 fully saturated rings. The molecule has 1 aromatic heterocycles. The highest BCUT2D eigenvalue weighted by Gasteiger charge is 2.14. The normalized spacial score (nSPS) is 17.4. The van der Waals surface area contributed by atoms with Gasteiger partial charge in [-0.25, -0.2) is 0 Å². The van der Waals surface area contributed by atoms with E-state index in [0.29, 0.717) is 0 Å². The van der Waals surface area contributed by atoms with Gasteiger partial charge < -0.3 is 9.88 Å². The van der Waals surface area contributed by atoms with Gasteiger partial charge in [-0.1, -0.05) is 25.1 Å². The molecule has 0 aliphatic carbocycles. The van der Waals surface area contributed by atoms with Crippen molar-refractivity contribution in [1.82, 2.24) is 9.99 Å². The predicted molar refractivity (Wildman–Crippen MR) is 83.5 cm³/mol. The number of quaternary nitrogens is 1. The Labute approximate surface area is 120 Å². The summed E-state index contributed by atoms with van der Waals surface area (Å²) in [6, 6.07) is 6.48. The number of piperazine rings is 1. The third-order valence-corrected chi connectivity index (χ3v) is 4.17. The van der Waals surface area contributed by atoms with Crippen LogP contribution < -0.4 is 4.90 Å². The minimum Gasteiger partial charge on any atom is -0.360 e. The van der Waals surface area contributed by atoms with Crippen molar-refractivity contribution < 1.29 is 4.90 Å². The summed E-state index contributed by atoms with van der Waals surface area (Å²) in [6.45, 7) is 6.63. The molecule has 0 radical (unpaired) electrons. The summed E-state index contributed by atoms with van der Waals surface area (Å²) in [5, 5.41) is 8.09. The van der Waals surface area contributed by atoms with Gasteiger partial charge >= 0.3 is 0 Å². The number of nitrogens with one attached hydrogen (secondary N) is 2. The Hall–Kier alpha value is -1.81. The zero-order valence-corrected chi connectivity index (χ0v) is 12.3. The number of H-pyrrole nitrogens is 1. The van der Waals surface area contributed by atoms with Gasteiger partial charge in [0.2, 0.25) is 0 Å². The van der Waals surface area contributed by atoms with Crippen molar-refractivity contribution in [1.29, 1.82) is 0 Å². The van der Waals surface area contributed by atoms with Gasteiger partial charge in [0.15, 0.2) is 0 Å². The molecular weight excluding hydrogens is 248 g/mol. The molecule has 2 N–H and O–H groups in total. The lowest BCUT2D eigenvalue weighted by molar-refractivity contribution is -0.884. The maximum Gasteiger partial charge on any atom is 0.0964 e. The molecule has 0 bridgehead atoms. The number of nitrogens with zero attached hydrogens (tertiary/aromatic N) is 2. The standard InChI is InChI=1S/C16H22N4/c1-3-13-5-4-6-15-14(11-17-16(13)15)12-18-20-9-7-19(2)8-10-20/h4-6,11-12,17H,3,7-10H2,1-2H3/p+1/b18-12+. The fourth-order valence-electron chi connectivity index (χ4n) is 2.78. The van der Waals surface area contributed by atoms with Crippen LogP contribution >= 0.6 is 0 Å². The number of rotatable bonds is 3. The van der Waals surface area contributed by atoms with E-state index in [1.807, 2.05) is 6.21 Å². The molecule has 0 unspecified atom stereocenters. The van der Waals surface area contributed by atoms with E-state index >= 15 is 0 Å². The van der Waals surface area contributed by atoms with Crippen LogP contribution in [0.3, 0.4) is 0 Å². The van der Waals surface area contributed by atoms with E-state index in [4.69, 9.17) is 0 Å². The summed E-state index contributed by atoms with van der Waals surface area (Å²) in [5.41, 5.74) is 3.80. The van der Waals surface area contributed by atoms with Crippen LogP contribution in [0, 0.1) is 0 Å². The fraction of sp³-hybridized carbons (Fsp3) is 0.438. The molecule has 1 aromatic carbocycles. The average molecular weight is 271 g/mol. The Morgan fingerprint density at radius 2 is 2.15 bits per heavy atom. The first-order chi connectivity index (χ1) is 9.78. The third kappa shape index (κ3) is 2.56. The molecule has 0 spiro atoms. The fourth-order valence-corrected chi connectivity index (χ4v) is 2.78. The van der Waals surface area contributed by atoms with E-state index < -0.39 is 0 Å². The minimum atomic E-state index is 1.05. The number of benzene rings is 1. The lowest BCUT2D eigenvalue weighted by Crippen LogP contribution is -3.11. The van der Waals surface area contributed by atoms with Crippen molar-refractivity contribution in [3.05, 3.63) is 35.5 Å². The number of likely N-dealkylation sites (N-methyl/N-ethyl adjacent to an activating group) is 1. The van der Waals surface area contributed by atoms with Gasteiger partial charge in [0.05, 0.1) is 39.4 Å². The molecule has 3 rings (SSSR count). The zero-order chi connectivity index (χ0) is 13.9. The third-order valence-electron chi connectivity index (χ3n) is 4.17. The monoisotopic (exact) mass is 271 g/mol. The van der Waals surface area contributed by atoms with Gasteiger partial charge in [-0.05, 0) is 12.0 Å². The largest absolute Gasteiger partial charge is 0.360 e. The van der Waals surface area contributed by atoms with Gasteiger partial charge in [0.25, 0.3) is 0 Å². The summed E-state index contributed by atoms with van der Waals surface area (Å²) in [4.78, 5) is 4.98. The molecule has 1 saturated heterocycles. The molecule has 4 nitrogen and oxygen atoms in total. The van der Waals surface area contributed by atoms with Crippen LogP contribution in [0.25, 0.3) is 10.9 Å². The van der Waals surface area contributed by atoms with E-state index in [1.54, 1.807) is 4.90 Å². The van der Waals surface area contributed by atoms with E-state index in [-0.39, 0.29) is 0 Å². The Morgan fingerprint density at radius 3 is 2.90 bits per heavy atom. The van der Waals surface area contributed by atoms with Gasteiger partial charge in [0, 0.05) is 22.7 Å². The number of hydrogen-bond acceptors (Lipinski definition) is 2. The number of para-hydroxylation sites is 1.